The number of nitrogens with one attached hydrogen (secondary N) is 3. The van der Waals surface area contributed by atoms with Crippen molar-refractivity contribution in [3.63, 3.8) is 0 Å². The van der Waals surface area contributed by atoms with E-state index in [4.69, 9.17) is 17.0 Å². The predicted octanol–water partition coefficient (Wildman–Crippen LogP) is 1.80. The molecule has 0 bridgehead atoms. The molecule has 0 amide bonds. The maximum atomic E-state index is 14.5. The van der Waals surface area contributed by atoms with Gasteiger partial charge < -0.3 is 22.2 Å². The maximum absolute atomic E-state index is 14.5. The number of amidine groups is 1. The summed E-state index contributed by atoms with van der Waals surface area (Å²) in [5, 5.41) is 14.1. The Hall–Kier alpha value is -2.54. The van der Waals surface area contributed by atoms with E-state index in [1.807, 2.05) is 6.07 Å². The third-order valence-electron chi connectivity index (χ3n) is 4.63. The highest BCUT2D eigenvalue weighted by atomic mass is 19.1. The van der Waals surface area contributed by atoms with Gasteiger partial charge in [0.05, 0.1) is 0 Å². The number of benzene rings is 1. The molecular formula is C17H23FN6. The summed E-state index contributed by atoms with van der Waals surface area (Å²) in [6.07, 6.45) is 1.92. The number of aromatic nitrogens is 1. The molecule has 1 saturated heterocycles. The van der Waals surface area contributed by atoms with Crippen LogP contribution in [0.2, 0.25) is 0 Å². The number of halogens is 1. The summed E-state index contributed by atoms with van der Waals surface area (Å²) < 4.78 is 16.0. The average Bonchev–Trinajstić information content (AvgIpc) is 2.92. The normalized spacial score (nSPS) is 15.4. The van der Waals surface area contributed by atoms with Crippen molar-refractivity contribution in [2.24, 2.45) is 5.73 Å². The van der Waals surface area contributed by atoms with Crippen LogP contribution in [0.4, 0.5) is 10.1 Å². The van der Waals surface area contributed by atoms with Crippen molar-refractivity contribution in [2.45, 2.75) is 18.8 Å². The van der Waals surface area contributed by atoms with Crippen molar-refractivity contribution < 1.29 is 4.39 Å². The minimum atomic E-state index is -0.369. The van der Waals surface area contributed by atoms with Crippen molar-refractivity contribution in [2.75, 3.05) is 31.3 Å². The van der Waals surface area contributed by atoms with Crippen LogP contribution in [-0.2, 0) is 0 Å². The van der Waals surface area contributed by atoms with Crippen LogP contribution in [0.15, 0.2) is 24.3 Å². The van der Waals surface area contributed by atoms with Crippen LogP contribution < -0.4 is 22.2 Å². The van der Waals surface area contributed by atoms with Crippen molar-refractivity contribution in [3.05, 3.63) is 41.5 Å². The molecule has 2 heterocycles. The molecule has 2 aromatic rings. The van der Waals surface area contributed by atoms with Crippen molar-refractivity contribution in [1.82, 2.24) is 9.99 Å². The quantitative estimate of drug-likeness (QED) is 0.335. The molecule has 24 heavy (non-hydrogen) atoms. The molecule has 1 aliphatic heterocycles. The summed E-state index contributed by atoms with van der Waals surface area (Å²) >= 11 is 0. The average molecular weight is 330 g/mol. The second kappa shape index (κ2) is 6.52. The van der Waals surface area contributed by atoms with E-state index in [1.54, 1.807) is 19.2 Å². The lowest BCUT2D eigenvalue weighted by Gasteiger charge is -2.23. The zero-order chi connectivity index (χ0) is 17.3. The smallest absolute Gasteiger partial charge is 0.142 e. The van der Waals surface area contributed by atoms with E-state index in [9.17, 15) is 4.39 Å². The van der Waals surface area contributed by atoms with Crippen LogP contribution >= 0.6 is 0 Å². The molecule has 1 aliphatic rings. The summed E-state index contributed by atoms with van der Waals surface area (Å²) in [5.74, 6) is 5.97. The highest BCUT2D eigenvalue weighted by Gasteiger charge is 2.25. The van der Waals surface area contributed by atoms with E-state index >= 15 is 0 Å². The Morgan fingerprint density at radius 2 is 2.00 bits per heavy atom. The number of hydrogen-bond donors (Lipinski definition) is 5. The van der Waals surface area contributed by atoms with E-state index in [2.05, 4.69) is 10.6 Å². The third kappa shape index (κ3) is 2.82. The van der Waals surface area contributed by atoms with Gasteiger partial charge in [0, 0.05) is 35.5 Å². The fraction of sp³-hybridized carbons (Fsp3) is 0.353. The molecule has 6 nitrogen and oxygen atoms in total. The van der Waals surface area contributed by atoms with Crippen LogP contribution in [0.1, 0.15) is 30.1 Å². The van der Waals surface area contributed by atoms with Gasteiger partial charge >= 0.3 is 0 Å². The molecule has 0 saturated carbocycles. The van der Waals surface area contributed by atoms with Gasteiger partial charge in [-0.1, -0.05) is 0 Å². The zero-order valence-electron chi connectivity index (χ0n) is 13.7. The van der Waals surface area contributed by atoms with Gasteiger partial charge in [-0.15, -0.1) is 0 Å². The lowest BCUT2D eigenvalue weighted by molar-refractivity contribution is 0.447. The number of piperidine rings is 1. The minimum Gasteiger partial charge on any atom is -0.388 e. The standard InChI is InChI=1S/C17H23FN6/c1-22-11-2-3-12(14(18)8-11)13-9-15(10-4-6-23-7-5-10)24(21)16(13)17(19)20/h2-3,8-10,22-23H,4-7,21H2,1H3,(H3,19,20). The maximum Gasteiger partial charge on any atom is 0.142 e. The van der Waals surface area contributed by atoms with E-state index in [0.717, 1.165) is 31.6 Å². The molecule has 3 rings (SSSR count). The SMILES string of the molecule is CNc1ccc(-c2cc(C3CCNCC3)n(N)c2C(=N)N)c(F)c1. The summed E-state index contributed by atoms with van der Waals surface area (Å²) in [6.45, 7) is 1.84. The fourth-order valence-corrected chi connectivity index (χ4v) is 3.35. The first kappa shape index (κ1) is 16.3. The van der Waals surface area contributed by atoms with Gasteiger partial charge in [0.25, 0.3) is 0 Å². The molecular weight excluding hydrogens is 307 g/mol. The molecule has 0 radical (unpaired) electrons. The Morgan fingerprint density at radius 3 is 2.58 bits per heavy atom. The van der Waals surface area contributed by atoms with Crippen molar-refractivity contribution in [1.29, 1.82) is 5.41 Å². The van der Waals surface area contributed by atoms with Crippen LogP contribution in [-0.4, -0.2) is 30.6 Å². The Morgan fingerprint density at radius 1 is 1.29 bits per heavy atom. The molecule has 1 aromatic carbocycles. The summed E-state index contributed by atoms with van der Waals surface area (Å²) in [4.78, 5) is 0. The molecule has 7 N–H and O–H groups in total. The monoisotopic (exact) mass is 330 g/mol. The van der Waals surface area contributed by atoms with E-state index in [0.29, 0.717) is 22.5 Å². The second-order valence-electron chi connectivity index (χ2n) is 6.08. The molecule has 0 aliphatic carbocycles. The number of anilines is 1. The Bertz CT molecular complexity index is 761. The van der Waals surface area contributed by atoms with E-state index in [1.165, 1.54) is 10.7 Å². The molecule has 1 fully saturated rings. The number of rotatable bonds is 4. The van der Waals surface area contributed by atoms with Crippen molar-refractivity contribution >= 4 is 11.5 Å². The highest BCUT2D eigenvalue weighted by molar-refractivity contribution is 6.00. The lowest BCUT2D eigenvalue weighted by Crippen LogP contribution is -2.30. The zero-order valence-corrected chi connectivity index (χ0v) is 13.7. The first-order chi connectivity index (χ1) is 11.5. The third-order valence-corrected chi connectivity index (χ3v) is 4.63. The Balaban J connectivity index is 2.11. The largest absolute Gasteiger partial charge is 0.388 e. The first-order valence-electron chi connectivity index (χ1n) is 8.06. The fourth-order valence-electron chi connectivity index (χ4n) is 3.35. The molecule has 0 unspecified atom stereocenters. The van der Waals surface area contributed by atoms with Crippen LogP contribution in [0.25, 0.3) is 11.1 Å². The topological polar surface area (TPSA) is 105 Å². The number of nitrogen functional groups attached to an aromatic ring is 2. The molecule has 1 aromatic heterocycles. The number of nitrogens with two attached hydrogens (primary N) is 2. The van der Waals surface area contributed by atoms with Crippen LogP contribution in [0.3, 0.4) is 0 Å². The van der Waals surface area contributed by atoms with Crippen LogP contribution in [0.5, 0.6) is 0 Å². The second-order valence-corrected chi connectivity index (χ2v) is 6.08. The van der Waals surface area contributed by atoms with Gasteiger partial charge in [0.15, 0.2) is 0 Å². The molecule has 128 valence electrons. The first-order valence-corrected chi connectivity index (χ1v) is 8.06. The van der Waals surface area contributed by atoms with Gasteiger partial charge in [-0.25, -0.2) is 4.39 Å². The van der Waals surface area contributed by atoms with Gasteiger partial charge in [-0.3, -0.25) is 10.1 Å². The molecule has 0 spiro atoms. The van der Waals surface area contributed by atoms with Gasteiger partial charge in [0.1, 0.15) is 17.3 Å². The van der Waals surface area contributed by atoms with Crippen molar-refractivity contribution in [3.8, 4) is 11.1 Å². The van der Waals surface area contributed by atoms with Gasteiger partial charge in [-0.2, -0.15) is 0 Å². The number of nitrogens with zero attached hydrogens (tertiary/aromatic N) is 1. The Labute approximate surface area is 140 Å². The van der Waals surface area contributed by atoms with Gasteiger partial charge in [-0.05, 0) is 50.2 Å². The predicted molar refractivity (Wildman–Crippen MR) is 95.4 cm³/mol. The molecule has 7 heteroatoms. The Kier molecular flexibility index (Phi) is 4.44. The van der Waals surface area contributed by atoms with E-state index < -0.39 is 0 Å². The number of hydrogen-bond acceptors (Lipinski definition) is 4. The minimum absolute atomic E-state index is 0.162. The van der Waals surface area contributed by atoms with Gasteiger partial charge in [0.2, 0.25) is 0 Å². The van der Waals surface area contributed by atoms with E-state index in [-0.39, 0.29) is 17.6 Å². The lowest BCUT2D eigenvalue weighted by atomic mass is 9.94. The summed E-state index contributed by atoms with van der Waals surface area (Å²) in [6, 6.07) is 6.79. The highest BCUT2D eigenvalue weighted by Crippen LogP contribution is 2.34. The summed E-state index contributed by atoms with van der Waals surface area (Å²) in [5.41, 5.74) is 8.65. The summed E-state index contributed by atoms with van der Waals surface area (Å²) in [7, 11) is 1.74. The van der Waals surface area contributed by atoms with Crippen LogP contribution in [0, 0.1) is 11.2 Å². The molecule has 0 atom stereocenters.